The molecule has 0 saturated carbocycles. The molecule has 1 aromatic heterocycles. The summed E-state index contributed by atoms with van der Waals surface area (Å²) >= 11 is 0. The number of fused-ring (bicyclic) bond motifs is 1. The number of nitrogens with two attached hydrogens (primary N) is 1. The van der Waals surface area contributed by atoms with Crippen LogP contribution in [-0.2, 0) is 6.54 Å². The SMILES string of the molecule is CCCN1CCN(Cc2nc3cc(N)ccc3o2)CC1. The lowest BCUT2D eigenvalue weighted by Crippen LogP contribution is -2.46. The normalized spacial score (nSPS) is 17.9. The molecule has 1 aliphatic heterocycles. The number of hydrogen-bond acceptors (Lipinski definition) is 5. The van der Waals surface area contributed by atoms with Gasteiger partial charge in [-0.3, -0.25) is 4.90 Å². The summed E-state index contributed by atoms with van der Waals surface area (Å²) in [6, 6.07) is 5.60. The second-order valence-corrected chi connectivity index (χ2v) is 5.45. The number of aromatic nitrogens is 1. The predicted molar refractivity (Wildman–Crippen MR) is 80.4 cm³/mol. The first-order valence-corrected chi connectivity index (χ1v) is 7.34. The highest BCUT2D eigenvalue weighted by molar-refractivity contribution is 5.76. The number of piperazine rings is 1. The summed E-state index contributed by atoms with van der Waals surface area (Å²) in [5.74, 6) is 0.787. The Morgan fingerprint density at radius 1 is 1.20 bits per heavy atom. The van der Waals surface area contributed by atoms with Crippen molar-refractivity contribution in [2.75, 3.05) is 38.5 Å². The van der Waals surface area contributed by atoms with Crippen LogP contribution in [0.15, 0.2) is 22.6 Å². The second kappa shape index (κ2) is 5.81. The van der Waals surface area contributed by atoms with Crippen molar-refractivity contribution >= 4 is 16.8 Å². The molecule has 5 heteroatoms. The van der Waals surface area contributed by atoms with Gasteiger partial charge in [-0.25, -0.2) is 4.98 Å². The monoisotopic (exact) mass is 274 g/mol. The van der Waals surface area contributed by atoms with Gasteiger partial charge in [-0.1, -0.05) is 6.92 Å². The second-order valence-electron chi connectivity index (χ2n) is 5.45. The highest BCUT2D eigenvalue weighted by Crippen LogP contribution is 2.19. The van der Waals surface area contributed by atoms with Crippen LogP contribution in [0.1, 0.15) is 19.2 Å². The third-order valence-electron chi connectivity index (χ3n) is 3.82. The summed E-state index contributed by atoms with van der Waals surface area (Å²) in [6.45, 7) is 8.67. The Hall–Kier alpha value is -1.59. The van der Waals surface area contributed by atoms with Crippen molar-refractivity contribution in [3.63, 3.8) is 0 Å². The smallest absolute Gasteiger partial charge is 0.209 e. The highest BCUT2D eigenvalue weighted by Gasteiger charge is 2.18. The molecule has 2 N–H and O–H groups in total. The van der Waals surface area contributed by atoms with Gasteiger partial charge in [0.25, 0.3) is 0 Å². The summed E-state index contributed by atoms with van der Waals surface area (Å²) in [5, 5.41) is 0. The summed E-state index contributed by atoms with van der Waals surface area (Å²) in [7, 11) is 0. The van der Waals surface area contributed by atoms with E-state index in [0.717, 1.165) is 55.4 Å². The van der Waals surface area contributed by atoms with Gasteiger partial charge in [-0.2, -0.15) is 0 Å². The van der Waals surface area contributed by atoms with Crippen LogP contribution in [0.25, 0.3) is 11.1 Å². The Balaban J connectivity index is 1.62. The lowest BCUT2D eigenvalue weighted by atomic mass is 10.3. The summed E-state index contributed by atoms with van der Waals surface area (Å²) in [4.78, 5) is 9.44. The molecule has 2 heterocycles. The van der Waals surface area contributed by atoms with Crippen molar-refractivity contribution in [1.29, 1.82) is 0 Å². The number of hydrogen-bond donors (Lipinski definition) is 1. The zero-order valence-corrected chi connectivity index (χ0v) is 12.0. The lowest BCUT2D eigenvalue weighted by molar-refractivity contribution is 0.120. The number of rotatable bonds is 4. The molecule has 0 radical (unpaired) electrons. The van der Waals surface area contributed by atoms with Crippen LogP contribution in [-0.4, -0.2) is 47.5 Å². The maximum atomic E-state index is 5.78. The summed E-state index contributed by atoms with van der Waals surface area (Å²) in [5.41, 5.74) is 8.16. The van der Waals surface area contributed by atoms with Gasteiger partial charge in [0.05, 0.1) is 6.54 Å². The standard InChI is InChI=1S/C15H22N4O/c1-2-5-18-6-8-19(9-7-18)11-15-17-13-10-12(16)3-4-14(13)20-15/h3-4,10H,2,5-9,11,16H2,1H3. The van der Waals surface area contributed by atoms with Crippen LogP contribution in [0, 0.1) is 0 Å². The van der Waals surface area contributed by atoms with Crippen LogP contribution >= 0.6 is 0 Å². The van der Waals surface area contributed by atoms with Gasteiger partial charge in [0.2, 0.25) is 5.89 Å². The lowest BCUT2D eigenvalue weighted by Gasteiger charge is -2.33. The maximum absolute atomic E-state index is 5.78. The molecule has 1 fully saturated rings. The minimum Gasteiger partial charge on any atom is -0.439 e. The molecule has 0 bridgehead atoms. The van der Waals surface area contributed by atoms with E-state index in [-0.39, 0.29) is 0 Å². The molecule has 20 heavy (non-hydrogen) atoms. The van der Waals surface area contributed by atoms with E-state index >= 15 is 0 Å². The number of anilines is 1. The molecule has 1 saturated heterocycles. The molecule has 0 aliphatic carbocycles. The van der Waals surface area contributed by atoms with E-state index in [0.29, 0.717) is 0 Å². The largest absolute Gasteiger partial charge is 0.439 e. The van der Waals surface area contributed by atoms with Crippen LogP contribution in [0.2, 0.25) is 0 Å². The Labute approximate surface area is 119 Å². The highest BCUT2D eigenvalue weighted by atomic mass is 16.3. The average Bonchev–Trinajstić information content (AvgIpc) is 2.82. The fraction of sp³-hybridized carbons (Fsp3) is 0.533. The molecule has 0 atom stereocenters. The molecular formula is C15H22N4O. The first kappa shape index (κ1) is 13.4. The van der Waals surface area contributed by atoms with E-state index in [9.17, 15) is 0 Å². The van der Waals surface area contributed by atoms with Gasteiger partial charge >= 0.3 is 0 Å². The fourth-order valence-corrected chi connectivity index (χ4v) is 2.74. The molecule has 0 unspecified atom stereocenters. The molecular weight excluding hydrogens is 252 g/mol. The molecule has 3 rings (SSSR count). The molecule has 0 amide bonds. The van der Waals surface area contributed by atoms with Gasteiger partial charge in [0, 0.05) is 31.9 Å². The number of benzene rings is 1. The summed E-state index contributed by atoms with van der Waals surface area (Å²) < 4.78 is 5.78. The van der Waals surface area contributed by atoms with Crippen molar-refractivity contribution in [1.82, 2.24) is 14.8 Å². The molecule has 0 spiro atoms. The molecule has 1 aliphatic rings. The van der Waals surface area contributed by atoms with Gasteiger partial charge in [-0.05, 0) is 31.2 Å². The van der Waals surface area contributed by atoms with Crippen molar-refractivity contribution in [3.8, 4) is 0 Å². The number of nitrogen functional groups attached to an aromatic ring is 1. The van der Waals surface area contributed by atoms with E-state index in [1.165, 1.54) is 13.0 Å². The quantitative estimate of drug-likeness (QED) is 0.863. The van der Waals surface area contributed by atoms with E-state index in [4.69, 9.17) is 10.2 Å². The zero-order chi connectivity index (χ0) is 13.9. The van der Waals surface area contributed by atoms with E-state index in [1.807, 2.05) is 18.2 Å². The zero-order valence-electron chi connectivity index (χ0n) is 12.0. The van der Waals surface area contributed by atoms with Gasteiger partial charge in [-0.15, -0.1) is 0 Å². The number of nitrogens with zero attached hydrogens (tertiary/aromatic N) is 3. The molecule has 108 valence electrons. The predicted octanol–water partition coefficient (Wildman–Crippen LogP) is 1.94. The minimum atomic E-state index is 0.727. The van der Waals surface area contributed by atoms with Gasteiger partial charge in [0.15, 0.2) is 5.58 Å². The molecule has 5 nitrogen and oxygen atoms in total. The first-order valence-electron chi connectivity index (χ1n) is 7.34. The Bertz CT molecular complexity index is 572. The molecule has 1 aromatic carbocycles. The van der Waals surface area contributed by atoms with Gasteiger partial charge in [0.1, 0.15) is 5.52 Å². The van der Waals surface area contributed by atoms with E-state index in [1.54, 1.807) is 0 Å². The Morgan fingerprint density at radius 2 is 1.95 bits per heavy atom. The Morgan fingerprint density at radius 3 is 2.70 bits per heavy atom. The van der Waals surface area contributed by atoms with Crippen LogP contribution < -0.4 is 5.73 Å². The first-order chi connectivity index (χ1) is 9.74. The van der Waals surface area contributed by atoms with Gasteiger partial charge < -0.3 is 15.1 Å². The number of oxazole rings is 1. The van der Waals surface area contributed by atoms with Crippen LogP contribution in [0.3, 0.4) is 0 Å². The molecule has 2 aromatic rings. The fourth-order valence-electron chi connectivity index (χ4n) is 2.74. The minimum absolute atomic E-state index is 0.727. The van der Waals surface area contributed by atoms with Crippen LogP contribution in [0.5, 0.6) is 0 Å². The summed E-state index contributed by atoms with van der Waals surface area (Å²) in [6.07, 6.45) is 1.23. The Kier molecular flexibility index (Phi) is 3.89. The topological polar surface area (TPSA) is 58.5 Å². The van der Waals surface area contributed by atoms with Crippen molar-refractivity contribution < 1.29 is 4.42 Å². The maximum Gasteiger partial charge on any atom is 0.209 e. The van der Waals surface area contributed by atoms with Crippen molar-refractivity contribution in [2.45, 2.75) is 19.9 Å². The third kappa shape index (κ3) is 2.94. The van der Waals surface area contributed by atoms with E-state index < -0.39 is 0 Å². The van der Waals surface area contributed by atoms with Crippen molar-refractivity contribution in [2.24, 2.45) is 0 Å². The van der Waals surface area contributed by atoms with Crippen molar-refractivity contribution in [3.05, 3.63) is 24.1 Å². The average molecular weight is 274 g/mol. The van der Waals surface area contributed by atoms with E-state index in [2.05, 4.69) is 21.7 Å². The third-order valence-corrected chi connectivity index (χ3v) is 3.82. The van der Waals surface area contributed by atoms with Crippen LogP contribution in [0.4, 0.5) is 5.69 Å².